The largest absolute Gasteiger partial charge is 0.376 e. The van der Waals surface area contributed by atoms with Crippen LogP contribution >= 0.6 is 11.3 Å². The Hall–Kier alpha value is -3.03. The number of benzene rings is 1. The molecule has 0 saturated carbocycles. The molecule has 1 amide bonds. The van der Waals surface area contributed by atoms with Crippen LogP contribution in [0.1, 0.15) is 41.8 Å². The third-order valence-electron chi connectivity index (χ3n) is 6.61. The van der Waals surface area contributed by atoms with Crippen molar-refractivity contribution in [2.24, 2.45) is 0 Å². The van der Waals surface area contributed by atoms with Crippen molar-refractivity contribution in [1.82, 2.24) is 19.7 Å². The van der Waals surface area contributed by atoms with Gasteiger partial charge in [0.2, 0.25) is 5.91 Å². The van der Waals surface area contributed by atoms with Gasteiger partial charge in [-0.3, -0.25) is 9.48 Å². The van der Waals surface area contributed by atoms with Crippen LogP contribution in [0.3, 0.4) is 0 Å². The second-order valence-corrected chi connectivity index (χ2v) is 10.4. The number of hydrogen-bond acceptors (Lipinski definition) is 5. The third kappa shape index (κ3) is 5.46. The van der Waals surface area contributed by atoms with E-state index >= 15 is 0 Å². The van der Waals surface area contributed by atoms with Gasteiger partial charge in [0.1, 0.15) is 0 Å². The van der Waals surface area contributed by atoms with Crippen molar-refractivity contribution in [3.8, 4) is 10.6 Å². The number of aryl methyl sites for hydroxylation is 4. The van der Waals surface area contributed by atoms with E-state index in [9.17, 15) is 4.79 Å². The quantitative estimate of drug-likeness (QED) is 0.320. The molecule has 1 fully saturated rings. The van der Waals surface area contributed by atoms with E-state index in [0.29, 0.717) is 26.1 Å². The first-order valence-corrected chi connectivity index (χ1v) is 13.2. The van der Waals surface area contributed by atoms with Crippen LogP contribution < -0.4 is 0 Å². The smallest absolute Gasteiger partial charge is 0.224 e. The van der Waals surface area contributed by atoms with Gasteiger partial charge in [-0.1, -0.05) is 18.2 Å². The molecular formula is C28H32N4O2S. The summed E-state index contributed by atoms with van der Waals surface area (Å²) >= 11 is 1.68. The van der Waals surface area contributed by atoms with Crippen LogP contribution in [0.15, 0.2) is 47.8 Å². The highest BCUT2D eigenvalue weighted by atomic mass is 32.1. The van der Waals surface area contributed by atoms with Gasteiger partial charge in [-0.05, 0) is 74.4 Å². The summed E-state index contributed by atoms with van der Waals surface area (Å²) < 4.78 is 7.84. The van der Waals surface area contributed by atoms with E-state index in [-0.39, 0.29) is 12.0 Å². The molecule has 0 bridgehead atoms. The Morgan fingerprint density at radius 1 is 1.20 bits per heavy atom. The summed E-state index contributed by atoms with van der Waals surface area (Å²) in [6.07, 6.45) is 2.54. The van der Waals surface area contributed by atoms with Crippen LogP contribution in [0.5, 0.6) is 0 Å². The number of fused-ring (bicyclic) bond motifs is 1. The lowest BCUT2D eigenvalue weighted by atomic mass is 10.1. The third-order valence-corrected chi connectivity index (χ3v) is 7.49. The Morgan fingerprint density at radius 2 is 2.09 bits per heavy atom. The van der Waals surface area contributed by atoms with Crippen LogP contribution in [-0.2, 0) is 22.6 Å². The molecule has 35 heavy (non-hydrogen) atoms. The Labute approximate surface area is 210 Å². The lowest BCUT2D eigenvalue weighted by molar-refractivity contribution is -0.133. The standard InChI is InChI=1S/C28H32N4O2S/c1-19-8-9-22-16-23(28(29-25(22)14-19)26-7-5-13-35-26)17-31(18-24-6-4-12-34-24)27(33)10-11-32-21(3)15-20(2)30-32/h5,7-9,13-16,24H,4,6,10-12,17-18H2,1-3H3/t24-/m1/s1. The minimum atomic E-state index is 0.0916. The predicted octanol–water partition coefficient (Wildman–Crippen LogP) is 5.68. The molecule has 0 spiro atoms. The van der Waals surface area contributed by atoms with Crippen LogP contribution in [0.2, 0.25) is 0 Å². The molecule has 4 heterocycles. The first kappa shape index (κ1) is 23.7. The van der Waals surface area contributed by atoms with Crippen molar-refractivity contribution < 1.29 is 9.53 Å². The second kappa shape index (κ2) is 10.3. The highest BCUT2D eigenvalue weighted by molar-refractivity contribution is 7.13. The van der Waals surface area contributed by atoms with E-state index in [1.165, 1.54) is 5.56 Å². The zero-order valence-electron chi connectivity index (χ0n) is 20.7. The summed E-state index contributed by atoms with van der Waals surface area (Å²) in [5.41, 5.74) is 6.26. The Balaban J connectivity index is 1.45. The fourth-order valence-electron chi connectivity index (χ4n) is 4.82. The van der Waals surface area contributed by atoms with Gasteiger partial charge in [-0.15, -0.1) is 11.3 Å². The van der Waals surface area contributed by atoms with Gasteiger partial charge in [0, 0.05) is 43.7 Å². The lowest BCUT2D eigenvalue weighted by Crippen LogP contribution is -2.37. The summed E-state index contributed by atoms with van der Waals surface area (Å²) in [6.45, 7) is 8.57. The number of pyridine rings is 1. The molecule has 7 heteroatoms. The van der Waals surface area contributed by atoms with Crippen molar-refractivity contribution >= 4 is 28.1 Å². The maximum Gasteiger partial charge on any atom is 0.224 e. The van der Waals surface area contributed by atoms with E-state index in [1.807, 2.05) is 29.5 Å². The molecule has 4 aromatic rings. The summed E-state index contributed by atoms with van der Waals surface area (Å²) in [6, 6.07) is 14.8. The molecule has 3 aromatic heterocycles. The first-order chi connectivity index (χ1) is 17.0. The normalized spacial score (nSPS) is 15.7. The number of ether oxygens (including phenoxy) is 1. The molecule has 1 aromatic carbocycles. The van der Waals surface area contributed by atoms with E-state index < -0.39 is 0 Å². The molecular weight excluding hydrogens is 456 g/mol. The van der Waals surface area contributed by atoms with Gasteiger partial charge >= 0.3 is 0 Å². The topological polar surface area (TPSA) is 60.2 Å². The number of aromatic nitrogens is 3. The maximum absolute atomic E-state index is 13.5. The highest BCUT2D eigenvalue weighted by Crippen LogP contribution is 2.31. The van der Waals surface area contributed by atoms with E-state index in [4.69, 9.17) is 9.72 Å². The molecule has 1 saturated heterocycles. The molecule has 182 valence electrons. The van der Waals surface area contributed by atoms with E-state index in [1.54, 1.807) is 11.3 Å². The average Bonchev–Trinajstić information content (AvgIpc) is 3.60. The fourth-order valence-corrected chi connectivity index (χ4v) is 5.57. The van der Waals surface area contributed by atoms with Gasteiger partial charge in [0.25, 0.3) is 0 Å². The zero-order chi connectivity index (χ0) is 24.4. The summed E-state index contributed by atoms with van der Waals surface area (Å²) in [5, 5.41) is 7.70. The molecule has 0 unspecified atom stereocenters. The Bertz CT molecular complexity index is 1320. The van der Waals surface area contributed by atoms with Gasteiger partial charge in [0.05, 0.1) is 27.9 Å². The molecule has 0 aliphatic carbocycles. The number of thiophene rings is 1. The SMILES string of the molecule is Cc1ccc2cc(CN(C[C@H]3CCCO3)C(=O)CCn3nc(C)cc3C)c(-c3cccs3)nc2c1. The number of amides is 1. The Morgan fingerprint density at radius 3 is 2.80 bits per heavy atom. The highest BCUT2D eigenvalue weighted by Gasteiger charge is 2.24. The minimum absolute atomic E-state index is 0.0916. The molecule has 1 aliphatic heterocycles. The first-order valence-electron chi connectivity index (χ1n) is 12.3. The summed E-state index contributed by atoms with van der Waals surface area (Å²) in [4.78, 5) is 21.7. The van der Waals surface area contributed by atoms with Crippen molar-refractivity contribution in [2.75, 3.05) is 13.2 Å². The van der Waals surface area contributed by atoms with Crippen LogP contribution in [0.25, 0.3) is 21.5 Å². The average molecular weight is 489 g/mol. The van der Waals surface area contributed by atoms with Gasteiger partial charge in [-0.25, -0.2) is 4.98 Å². The maximum atomic E-state index is 13.5. The zero-order valence-corrected chi connectivity index (χ0v) is 21.5. The number of carbonyl (C=O) groups excluding carboxylic acids is 1. The van der Waals surface area contributed by atoms with Gasteiger partial charge in [0.15, 0.2) is 0 Å². The summed E-state index contributed by atoms with van der Waals surface area (Å²) in [5.74, 6) is 0.120. The molecule has 1 aliphatic rings. The van der Waals surface area contributed by atoms with Gasteiger partial charge in [-0.2, -0.15) is 5.10 Å². The monoisotopic (exact) mass is 488 g/mol. The number of nitrogens with zero attached hydrogens (tertiary/aromatic N) is 4. The van der Waals surface area contributed by atoms with Crippen LogP contribution in [0.4, 0.5) is 0 Å². The lowest BCUT2D eigenvalue weighted by Gasteiger charge is -2.27. The van der Waals surface area contributed by atoms with Crippen LogP contribution in [0, 0.1) is 20.8 Å². The minimum Gasteiger partial charge on any atom is -0.376 e. The number of rotatable bonds is 8. The second-order valence-electron chi connectivity index (χ2n) is 9.48. The fraction of sp³-hybridized carbons (Fsp3) is 0.393. The van der Waals surface area contributed by atoms with Crippen molar-refractivity contribution in [3.63, 3.8) is 0 Å². The number of carbonyl (C=O) groups is 1. The predicted molar refractivity (Wildman–Crippen MR) is 141 cm³/mol. The summed E-state index contributed by atoms with van der Waals surface area (Å²) in [7, 11) is 0. The van der Waals surface area contributed by atoms with E-state index in [2.05, 4.69) is 53.8 Å². The van der Waals surface area contributed by atoms with Gasteiger partial charge < -0.3 is 9.64 Å². The van der Waals surface area contributed by atoms with E-state index in [0.717, 1.165) is 57.9 Å². The molecule has 6 nitrogen and oxygen atoms in total. The van der Waals surface area contributed by atoms with Crippen molar-refractivity contribution in [3.05, 3.63) is 70.4 Å². The molecule has 5 rings (SSSR count). The van der Waals surface area contributed by atoms with Crippen LogP contribution in [-0.4, -0.2) is 44.8 Å². The van der Waals surface area contributed by atoms with Crippen molar-refractivity contribution in [2.45, 2.75) is 59.2 Å². The van der Waals surface area contributed by atoms with Crippen molar-refractivity contribution in [1.29, 1.82) is 0 Å². The molecule has 0 N–H and O–H groups in total. The molecule has 1 atom stereocenters. The molecule has 0 radical (unpaired) electrons. The number of hydrogen-bond donors (Lipinski definition) is 0. The Kier molecular flexibility index (Phi) is 6.97.